The van der Waals surface area contributed by atoms with Crippen LogP contribution >= 0.6 is 11.8 Å². The molecule has 0 aromatic carbocycles. The highest BCUT2D eigenvalue weighted by atomic mass is 32.2. The second-order valence-corrected chi connectivity index (χ2v) is 4.22. The van der Waals surface area contributed by atoms with Gasteiger partial charge >= 0.3 is 5.97 Å². The summed E-state index contributed by atoms with van der Waals surface area (Å²) in [6, 6.07) is 0. The fraction of sp³-hybridized carbons (Fsp3) is 0.500. The smallest absolute Gasteiger partial charge is 0.341 e. The van der Waals surface area contributed by atoms with Crippen molar-refractivity contribution in [1.29, 1.82) is 0 Å². The molecule has 4 nitrogen and oxygen atoms in total. The molecule has 1 aromatic rings. The molecule has 2 rings (SSSR count). The number of hydrogen-bond donors (Lipinski definition) is 1. The first-order chi connectivity index (χ1) is 6.29. The summed E-state index contributed by atoms with van der Waals surface area (Å²) in [5.74, 6) is 0.642. The topological polar surface area (TPSA) is 63.3 Å². The SMILES string of the molecule is O=C(O)c1cnoc1C1CCCS1. The summed E-state index contributed by atoms with van der Waals surface area (Å²) in [6.45, 7) is 0. The molecule has 0 bridgehead atoms. The number of nitrogens with zero attached hydrogens (tertiary/aromatic N) is 1. The third-order valence-electron chi connectivity index (χ3n) is 2.05. The molecule has 0 radical (unpaired) electrons. The molecule has 70 valence electrons. The zero-order valence-electron chi connectivity index (χ0n) is 6.90. The maximum Gasteiger partial charge on any atom is 0.341 e. The summed E-state index contributed by atoms with van der Waals surface area (Å²) in [4.78, 5) is 10.7. The van der Waals surface area contributed by atoms with E-state index < -0.39 is 5.97 Å². The van der Waals surface area contributed by atoms with Crippen molar-refractivity contribution in [2.75, 3.05) is 5.75 Å². The largest absolute Gasteiger partial charge is 0.478 e. The second-order valence-electron chi connectivity index (χ2n) is 2.91. The molecule has 1 aromatic heterocycles. The van der Waals surface area contributed by atoms with Gasteiger partial charge in [0.15, 0.2) is 5.76 Å². The second kappa shape index (κ2) is 3.41. The fourth-order valence-electron chi connectivity index (χ4n) is 1.43. The number of hydrogen-bond acceptors (Lipinski definition) is 4. The van der Waals surface area contributed by atoms with Crippen LogP contribution in [0, 0.1) is 0 Å². The lowest BCUT2D eigenvalue weighted by atomic mass is 10.1. The molecule has 5 heteroatoms. The molecule has 2 heterocycles. The molecule has 1 aliphatic heterocycles. The molecule has 1 N–H and O–H groups in total. The van der Waals surface area contributed by atoms with Gasteiger partial charge in [0.1, 0.15) is 5.56 Å². The first kappa shape index (κ1) is 8.62. The van der Waals surface area contributed by atoms with Crippen LogP contribution in [0.3, 0.4) is 0 Å². The molecule has 13 heavy (non-hydrogen) atoms. The zero-order chi connectivity index (χ0) is 9.26. The van der Waals surface area contributed by atoms with Crippen molar-refractivity contribution in [2.24, 2.45) is 0 Å². The summed E-state index contributed by atoms with van der Waals surface area (Å²) < 4.78 is 4.96. The van der Waals surface area contributed by atoms with Crippen LogP contribution in [0.1, 0.15) is 34.2 Å². The Kier molecular flexibility index (Phi) is 2.26. The van der Waals surface area contributed by atoms with Gasteiger partial charge in [-0.1, -0.05) is 5.16 Å². The first-order valence-electron chi connectivity index (χ1n) is 4.08. The van der Waals surface area contributed by atoms with E-state index in [9.17, 15) is 4.79 Å². The van der Waals surface area contributed by atoms with Gasteiger partial charge < -0.3 is 9.63 Å². The van der Waals surface area contributed by atoms with Gasteiger partial charge in [0.2, 0.25) is 0 Å². The molecule has 0 amide bonds. The number of carboxylic acid groups (broad SMARTS) is 1. The number of carbonyl (C=O) groups is 1. The molecule has 1 aliphatic rings. The predicted octanol–water partition coefficient (Wildman–Crippen LogP) is 1.94. The average molecular weight is 199 g/mol. The molecular weight excluding hydrogens is 190 g/mol. The standard InChI is InChI=1S/C8H9NO3S/c10-8(11)5-4-9-12-7(5)6-2-1-3-13-6/h4,6H,1-3H2,(H,10,11). The van der Waals surface area contributed by atoms with Crippen molar-refractivity contribution in [3.05, 3.63) is 17.5 Å². The van der Waals surface area contributed by atoms with Crippen LogP contribution in [0.15, 0.2) is 10.7 Å². The highest BCUT2D eigenvalue weighted by molar-refractivity contribution is 7.99. The van der Waals surface area contributed by atoms with Gasteiger partial charge in [-0.2, -0.15) is 11.8 Å². The molecular formula is C8H9NO3S. The zero-order valence-corrected chi connectivity index (χ0v) is 7.71. The molecule has 0 aliphatic carbocycles. The van der Waals surface area contributed by atoms with Crippen LogP contribution in [0.2, 0.25) is 0 Å². The summed E-state index contributed by atoms with van der Waals surface area (Å²) in [7, 11) is 0. The predicted molar refractivity (Wildman–Crippen MR) is 47.9 cm³/mol. The Hall–Kier alpha value is -0.970. The Morgan fingerprint density at radius 3 is 3.23 bits per heavy atom. The summed E-state index contributed by atoms with van der Waals surface area (Å²) >= 11 is 1.73. The first-order valence-corrected chi connectivity index (χ1v) is 5.13. The van der Waals surface area contributed by atoms with Crippen LogP contribution < -0.4 is 0 Å². The third kappa shape index (κ3) is 1.56. The highest BCUT2D eigenvalue weighted by Gasteiger charge is 2.27. The van der Waals surface area contributed by atoms with Crippen molar-refractivity contribution in [3.8, 4) is 0 Å². The van der Waals surface area contributed by atoms with E-state index in [1.165, 1.54) is 6.20 Å². The summed E-state index contributed by atoms with van der Waals surface area (Å²) in [6.07, 6.45) is 3.38. The number of aromatic nitrogens is 1. The quantitative estimate of drug-likeness (QED) is 0.788. The Bertz CT molecular complexity index is 317. The van der Waals surface area contributed by atoms with E-state index in [2.05, 4.69) is 5.16 Å². The van der Waals surface area contributed by atoms with E-state index in [-0.39, 0.29) is 10.8 Å². The minimum absolute atomic E-state index is 0.189. The minimum atomic E-state index is -0.955. The van der Waals surface area contributed by atoms with Crippen molar-refractivity contribution in [2.45, 2.75) is 18.1 Å². The number of rotatable bonds is 2. The van der Waals surface area contributed by atoms with Gasteiger partial charge in [-0.05, 0) is 18.6 Å². The van der Waals surface area contributed by atoms with Gasteiger partial charge in [-0.15, -0.1) is 0 Å². The van der Waals surface area contributed by atoms with Crippen molar-refractivity contribution < 1.29 is 14.4 Å². The molecule has 0 saturated carbocycles. The van der Waals surface area contributed by atoms with E-state index in [4.69, 9.17) is 9.63 Å². The van der Waals surface area contributed by atoms with Gasteiger partial charge in [0.05, 0.1) is 11.4 Å². The summed E-state index contributed by atoms with van der Waals surface area (Å²) in [5.41, 5.74) is 0.208. The lowest BCUT2D eigenvalue weighted by Gasteiger charge is -2.03. The van der Waals surface area contributed by atoms with E-state index in [0.717, 1.165) is 18.6 Å². The molecule has 1 saturated heterocycles. The van der Waals surface area contributed by atoms with E-state index in [1.54, 1.807) is 11.8 Å². The number of aromatic carboxylic acids is 1. The van der Waals surface area contributed by atoms with Gasteiger partial charge in [0.25, 0.3) is 0 Å². The van der Waals surface area contributed by atoms with E-state index in [0.29, 0.717) is 5.76 Å². The van der Waals surface area contributed by atoms with Crippen molar-refractivity contribution >= 4 is 17.7 Å². The van der Waals surface area contributed by atoms with Crippen LogP contribution in [0.4, 0.5) is 0 Å². The number of carboxylic acids is 1. The molecule has 0 spiro atoms. The van der Waals surface area contributed by atoms with Crippen LogP contribution in [0.25, 0.3) is 0 Å². The Morgan fingerprint density at radius 2 is 2.62 bits per heavy atom. The van der Waals surface area contributed by atoms with Gasteiger partial charge in [-0.25, -0.2) is 4.79 Å². The maximum atomic E-state index is 10.7. The lowest BCUT2D eigenvalue weighted by molar-refractivity contribution is 0.0694. The van der Waals surface area contributed by atoms with E-state index in [1.807, 2.05) is 0 Å². The molecule has 1 unspecified atom stereocenters. The van der Waals surface area contributed by atoms with Crippen molar-refractivity contribution in [3.63, 3.8) is 0 Å². The van der Waals surface area contributed by atoms with E-state index >= 15 is 0 Å². The minimum Gasteiger partial charge on any atom is -0.478 e. The number of thioether (sulfide) groups is 1. The van der Waals surface area contributed by atoms with Gasteiger partial charge in [0, 0.05) is 0 Å². The monoisotopic (exact) mass is 199 g/mol. The normalized spacial score (nSPS) is 22.0. The van der Waals surface area contributed by atoms with Crippen LogP contribution in [0.5, 0.6) is 0 Å². The van der Waals surface area contributed by atoms with Crippen LogP contribution in [-0.2, 0) is 0 Å². The maximum absolute atomic E-state index is 10.7. The highest BCUT2D eigenvalue weighted by Crippen LogP contribution is 2.40. The lowest BCUT2D eigenvalue weighted by Crippen LogP contribution is -2.00. The van der Waals surface area contributed by atoms with Crippen LogP contribution in [-0.4, -0.2) is 22.0 Å². The average Bonchev–Trinajstić information content (AvgIpc) is 2.74. The fourth-order valence-corrected chi connectivity index (χ4v) is 2.70. The Balaban J connectivity index is 2.28. The Morgan fingerprint density at radius 1 is 1.77 bits per heavy atom. The van der Waals surface area contributed by atoms with Gasteiger partial charge in [-0.3, -0.25) is 0 Å². The molecule has 1 atom stereocenters. The summed E-state index contributed by atoms with van der Waals surface area (Å²) in [5, 5.41) is 12.5. The third-order valence-corrected chi connectivity index (χ3v) is 3.43. The van der Waals surface area contributed by atoms with Crippen molar-refractivity contribution in [1.82, 2.24) is 5.16 Å². The Labute approximate surface area is 79.3 Å². The molecule has 1 fully saturated rings.